The third kappa shape index (κ3) is 3.36. The molecule has 108 valence electrons. The van der Waals surface area contributed by atoms with Gasteiger partial charge in [0.1, 0.15) is 11.8 Å². The third-order valence-corrected chi connectivity index (χ3v) is 3.38. The predicted octanol–water partition coefficient (Wildman–Crippen LogP) is 1.56. The van der Waals surface area contributed by atoms with Gasteiger partial charge >= 0.3 is 5.97 Å². The van der Waals surface area contributed by atoms with E-state index in [-0.39, 0.29) is 17.8 Å². The van der Waals surface area contributed by atoms with Crippen LogP contribution >= 0.6 is 0 Å². The van der Waals surface area contributed by atoms with Crippen LogP contribution in [0.25, 0.3) is 0 Å². The zero-order chi connectivity index (χ0) is 14.5. The van der Waals surface area contributed by atoms with Gasteiger partial charge in [-0.05, 0) is 50.6 Å². The van der Waals surface area contributed by atoms with Gasteiger partial charge in [0, 0.05) is 5.56 Å². The molecule has 2 atom stereocenters. The molecule has 0 spiro atoms. The maximum absolute atomic E-state index is 12.2. The Morgan fingerprint density at radius 1 is 1.30 bits per heavy atom. The molecule has 0 aliphatic carbocycles. The Morgan fingerprint density at radius 2 is 2.00 bits per heavy atom. The van der Waals surface area contributed by atoms with Crippen molar-refractivity contribution in [2.75, 3.05) is 13.7 Å². The smallest absolute Gasteiger partial charge is 0.323 e. The van der Waals surface area contributed by atoms with Gasteiger partial charge in [-0.15, -0.1) is 0 Å². The molecule has 0 amide bonds. The molecule has 0 aromatic heterocycles. The van der Waals surface area contributed by atoms with E-state index in [0.717, 1.165) is 19.4 Å². The van der Waals surface area contributed by atoms with Crippen LogP contribution in [0, 0.1) is 0 Å². The Kier molecular flexibility index (Phi) is 4.74. The molecular formula is C15H19NO4. The van der Waals surface area contributed by atoms with E-state index in [0.29, 0.717) is 11.3 Å². The van der Waals surface area contributed by atoms with Crippen molar-refractivity contribution < 1.29 is 19.1 Å². The fourth-order valence-electron chi connectivity index (χ4n) is 2.19. The number of nitrogens with one attached hydrogen (secondary N) is 1. The van der Waals surface area contributed by atoms with Gasteiger partial charge in [0.15, 0.2) is 6.10 Å². The monoisotopic (exact) mass is 277 g/mol. The minimum absolute atomic E-state index is 0.209. The van der Waals surface area contributed by atoms with E-state index < -0.39 is 6.10 Å². The summed E-state index contributed by atoms with van der Waals surface area (Å²) in [6.45, 7) is 2.42. The number of ketones is 1. The molecule has 1 heterocycles. The summed E-state index contributed by atoms with van der Waals surface area (Å²) in [5, 5.41) is 3.05. The molecule has 1 aliphatic heterocycles. The summed E-state index contributed by atoms with van der Waals surface area (Å²) in [5.74, 6) is 0.122. The van der Waals surface area contributed by atoms with Crippen LogP contribution in [0.1, 0.15) is 30.1 Å². The number of esters is 1. The third-order valence-electron chi connectivity index (χ3n) is 3.38. The van der Waals surface area contributed by atoms with Gasteiger partial charge in [-0.2, -0.15) is 0 Å². The molecule has 0 saturated carbocycles. The SMILES string of the molecule is COc1ccc(C(=O)[C@H](C)OC(=O)[C@@H]2CCCN2)cc1. The number of ether oxygens (including phenoxy) is 2. The van der Waals surface area contributed by atoms with Gasteiger partial charge in [0.25, 0.3) is 0 Å². The maximum Gasteiger partial charge on any atom is 0.323 e. The van der Waals surface area contributed by atoms with Crippen molar-refractivity contribution in [3.63, 3.8) is 0 Å². The Balaban J connectivity index is 1.95. The van der Waals surface area contributed by atoms with E-state index in [4.69, 9.17) is 9.47 Å². The van der Waals surface area contributed by atoms with Crippen LogP contribution < -0.4 is 10.1 Å². The molecule has 1 saturated heterocycles. The summed E-state index contributed by atoms with van der Waals surface area (Å²) in [6.07, 6.45) is 0.946. The van der Waals surface area contributed by atoms with Crippen LogP contribution in [0.5, 0.6) is 5.75 Å². The van der Waals surface area contributed by atoms with Crippen LogP contribution in [0.4, 0.5) is 0 Å². The van der Waals surface area contributed by atoms with Crippen molar-refractivity contribution in [3.8, 4) is 5.75 Å². The van der Waals surface area contributed by atoms with Crippen LogP contribution in [-0.2, 0) is 9.53 Å². The zero-order valence-electron chi connectivity index (χ0n) is 11.7. The maximum atomic E-state index is 12.2. The van der Waals surface area contributed by atoms with Gasteiger partial charge in [-0.3, -0.25) is 9.59 Å². The van der Waals surface area contributed by atoms with Gasteiger partial charge in [0.2, 0.25) is 5.78 Å². The fourth-order valence-corrected chi connectivity index (χ4v) is 2.19. The summed E-state index contributed by atoms with van der Waals surface area (Å²) in [5.41, 5.74) is 0.505. The number of carbonyl (C=O) groups excluding carboxylic acids is 2. The average Bonchev–Trinajstić information content (AvgIpc) is 3.01. The van der Waals surface area contributed by atoms with E-state index in [2.05, 4.69) is 5.32 Å². The van der Waals surface area contributed by atoms with Crippen molar-refractivity contribution in [2.45, 2.75) is 31.9 Å². The first-order valence-corrected chi connectivity index (χ1v) is 6.74. The molecule has 1 aliphatic rings. The molecule has 0 radical (unpaired) electrons. The Labute approximate surface area is 118 Å². The molecule has 5 nitrogen and oxygen atoms in total. The molecule has 1 N–H and O–H groups in total. The summed E-state index contributed by atoms with van der Waals surface area (Å²) in [6, 6.07) is 6.47. The van der Waals surface area contributed by atoms with E-state index in [1.807, 2.05) is 0 Å². The van der Waals surface area contributed by atoms with Crippen molar-refractivity contribution in [2.24, 2.45) is 0 Å². The molecule has 0 unspecified atom stereocenters. The minimum Gasteiger partial charge on any atom is -0.497 e. The van der Waals surface area contributed by atoms with Crippen LogP contribution in [0.3, 0.4) is 0 Å². The van der Waals surface area contributed by atoms with Crippen LogP contribution in [0.2, 0.25) is 0 Å². The zero-order valence-corrected chi connectivity index (χ0v) is 11.7. The first-order chi connectivity index (χ1) is 9.61. The fraction of sp³-hybridized carbons (Fsp3) is 0.467. The van der Waals surface area contributed by atoms with Gasteiger partial charge in [-0.25, -0.2) is 0 Å². The second kappa shape index (κ2) is 6.52. The van der Waals surface area contributed by atoms with Gasteiger partial charge < -0.3 is 14.8 Å². The van der Waals surface area contributed by atoms with E-state index in [1.54, 1.807) is 38.3 Å². The number of benzene rings is 1. The highest BCUT2D eigenvalue weighted by Crippen LogP contribution is 2.15. The topological polar surface area (TPSA) is 64.6 Å². The van der Waals surface area contributed by atoms with Gasteiger partial charge in [-0.1, -0.05) is 0 Å². The lowest BCUT2D eigenvalue weighted by atomic mass is 10.1. The second-order valence-corrected chi connectivity index (χ2v) is 4.82. The molecular weight excluding hydrogens is 258 g/mol. The Bertz CT molecular complexity index is 477. The summed E-state index contributed by atoms with van der Waals surface area (Å²) < 4.78 is 10.3. The van der Waals surface area contributed by atoms with E-state index in [9.17, 15) is 9.59 Å². The lowest BCUT2D eigenvalue weighted by Gasteiger charge is -2.15. The first-order valence-electron chi connectivity index (χ1n) is 6.74. The molecule has 20 heavy (non-hydrogen) atoms. The van der Waals surface area contributed by atoms with Crippen molar-refractivity contribution in [1.29, 1.82) is 0 Å². The Morgan fingerprint density at radius 3 is 2.55 bits per heavy atom. The average molecular weight is 277 g/mol. The summed E-state index contributed by atoms with van der Waals surface area (Å²) in [4.78, 5) is 24.0. The highest BCUT2D eigenvalue weighted by Gasteiger charge is 2.27. The molecule has 1 fully saturated rings. The number of carbonyl (C=O) groups is 2. The van der Waals surface area contributed by atoms with Gasteiger partial charge in [0.05, 0.1) is 7.11 Å². The van der Waals surface area contributed by atoms with Crippen molar-refractivity contribution in [1.82, 2.24) is 5.32 Å². The Hall–Kier alpha value is -1.88. The number of methoxy groups -OCH3 is 1. The quantitative estimate of drug-likeness (QED) is 0.653. The minimum atomic E-state index is -0.779. The van der Waals surface area contributed by atoms with Crippen molar-refractivity contribution in [3.05, 3.63) is 29.8 Å². The van der Waals surface area contributed by atoms with Crippen LogP contribution in [-0.4, -0.2) is 37.6 Å². The summed E-state index contributed by atoms with van der Waals surface area (Å²) >= 11 is 0. The van der Waals surface area contributed by atoms with E-state index >= 15 is 0 Å². The molecule has 5 heteroatoms. The number of hydrogen-bond acceptors (Lipinski definition) is 5. The largest absolute Gasteiger partial charge is 0.497 e. The lowest BCUT2D eigenvalue weighted by molar-refractivity contribution is -0.148. The molecule has 0 bridgehead atoms. The lowest BCUT2D eigenvalue weighted by Crippen LogP contribution is -2.36. The highest BCUT2D eigenvalue weighted by atomic mass is 16.5. The first kappa shape index (κ1) is 14.5. The van der Waals surface area contributed by atoms with Crippen molar-refractivity contribution >= 4 is 11.8 Å². The standard InChI is InChI=1S/C15H19NO4/c1-10(20-15(18)13-4-3-9-16-13)14(17)11-5-7-12(19-2)8-6-11/h5-8,10,13,16H,3-4,9H2,1-2H3/t10-,13-/m0/s1. The number of hydrogen-bond donors (Lipinski definition) is 1. The van der Waals surface area contributed by atoms with E-state index in [1.165, 1.54) is 0 Å². The number of rotatable bonds is 5. The summed E-state index contributed by atoms with van der Waals surface area (Å²) in [7, 11) is 1.57. The predicted molar refractivity (Wildman–Crippen MR) is 73.9 cm³/mol. The molecule has 2 rings (SSSR count). The molecule has 1 aromatic carbocycles. The molecule has 1 aromatic rings. The number of Topliss-reactive ketones (excluding diaryl/α,β-unsaturated/α-hetero) is 1. The van der Waals surface area contributed by atoms with Crippen LogP contribution in [0.15, 0.2) is 24.3 Å². The normalized spacial score (nSPS) is 19.4. The highest BCUT2D eigenvalue weighted by molar-refractivity contribution is 6.00. The second-order valence-electron chi connectivity index (χ2n) is 4.82.